The van der Waals surface area contributed by atoms with E-state index < -0.39 is 72.6 Å². The number of benzene rings is 2. The molecule has 0 bridgehead atoms. The van der Waals surface area contributed by atoms with E-state index in [-0.39, 0.29) is 57.4 Å². The number of rotatable bonds is 9. The van der Waals surface area contributed by atoms with Gasteiger partial charge in [0, 0.05) is 16.2 Å². The van der Waals surface area contributed by atoms with E-state index >= 15 is 4.39 Å². The maximum absolute atomic E-state index is 15.0. The molecule has 256 valence electrons. The van der Waals surface area contributed by atoms with Crippen molar-refractivity contribution in [2.45, 2.75) is 75.5 Å². The Labute approximate surface area is 276 Å². The van der Waals surface area contributed by atoms with Crippen LogP contribution in [-0.2, 0) is 30.4 Å². The lowest BCUT2D eigenvalue weighted by atomic mass is 9.83. The summed E-state index contributed by atoms with van der Waals surface area (Å²) in [7, 11) is 0. The molecule has 2 saturated heterocycles. The van der Waals surface area contributed by atoms with Gasteiger partial charge in [0.05, 0.1) is 16.8 Å². The van der Waals surface area contributed by atoms with Gasteiger partial charge in [0.25, 0.3) is 6.29 Å². The van der Waals surface area contributed by atoms with Gasteiger partial charge in [-0.15, -0.1) is 0 Å². The van der Waals surface area contributed by atoms with E-state index in [1.165, 1.54) is 38.1 Å². The van der Waals surface area contributed by atoms with Gasteiger partial charge in [0.1, 0.15) is 55.8 Å². The number of halogens is 4. The number of nitrogens with one attached hydrogen (secondary N) is 2. The first-order valence-corrected chi connectivity index (χ1v) is 15.0. The summed E-state index contributed by atoms with van der Waals surface area (Å²) in [6.07, 6.45) is -9.55. The van der Waals surface area contributed by atoms with E-state index in [4.69, 9.17) is 47.0 Å². The number of fused-ring (bicyclic) bond motifs is 1. The molecule has 1 amide bonds. The van der Waals surface area contributed by atoms with Crippen molar-refractivity contribution in [2.24, 2.45) is 0 Å². The van der Waals surface area contributed by atoms with Crippen molar-refractivity contribution in [2.75, 3.05) is 6.79 Å². The first kappa shape index (κ1) is 35.2. The summed E-state index contributed by atoms with van der Waals surface area (Å²) in [4.78, 5) is 18.1. The summed E-state index contributed by atoms with van der Waals surface area (Å²) in [6, 6.07) is 4.75. The smallest absolute Gasteiger partial charge is 0.269 e. The van der Waals surface area contributed by atoms with Crippen LogP contribution in [0.5, 0.6) is 5.75 Å². The van der Waals surface area contributed by atoms with Crippen molar-refractivity contribution in [1.82, 2.24) is 10.8 Å². The Morgan fingerprint density at radius 3 is 2.36 bits per heavy atom. The van der Waals surface area contributed by atoms with Crippen LogP contribution in [0, 0.1) is 11.6 Å². The van der Waals surface area contributed by atoms with E-state index in [0.29, 0.717) is 0 Å². The number of allylic oxidation sites excluding steroid dienone is 1. The van der Waals surface area contributed by atoms with E-state index in [2.05, 4.69) is 10.8 Å². The normalized spacial score (nSPS) is 31.6. The van der Waals surface area contributed by atoms with Crippen LogP contribution in [0.2, 0.25) is 10.0 Å². The lowest BCUT2D eigenvalue weighted by molar-refractivity contribution is -0.155. The minimum Gasteiger partial charge on any atom is -0.452 e. The lowest BCUT2D eigenvalue weighted by Crippen LogP contribution is -2.67. The molecular weight excluding hydrogens is 673 g/mol. The summed E-state index contributed by atoms with van der Waals surface area (Å²) in [5, 5.41) is 54.8. The fourth-order valence-electron chi connectivity index (χ4n) is 5.28. The highest BCUT2D eigenvalue weighted by Gasteiger charge is 2.53. The number of hydroxylamine groups is 1. The van der Waals surface area contributed by atoms with Gasteiger partial charge in [-0.25, -0.2) is 8.78 Å². The van der Waals surface area contributed by atoms with Gasteiger partial charge in [0.15, 0.2) is 23.4 Å². The van der Waals surface area contributed by atoms with Crippen molar-refractivity contribution < 1.29 is 62.9 Å². The largest absolute Gasteiger partial charge is 0.452 e. The average Bonchev–Trinajstić information content (AvgIpc) is 3.63. The summed E-state index contributed by atoms with van der Waals surface area (Å²) < 4.78 is 50.2. The highest BCUT2D eigenvalue weighted by Crippen LogP contribution is 2.32. The van der Waals surface area contributed by atoms with Crippen molar-refractivity contribution in [3.8, 4) is 5.75 Å². The molecule has 0 unspecified atom stereocenters. The van der Waals surface area contributed by atoms with Gasteiger partial charge in [-0.3, -0.25) is 15.1 Å². The van der Waals surface area contributed by atoms with Crippen molar-refractivity contribution in [3.63, 3.8) is 0 Å². The lowest BCUT2D eigenvalue weighted by Gasteiger charge is -2.41. The molecule has 9 atom stereocenters. The molecule has 17 heteroatoms. The number of aliphatic hydroxyl groups is 5. The van der Waals surface area contributed by atoms with Gasteiger partial charge >= 0.3 is 0 Å². The van der Waals surface area contributed by atoms with Gasteiger partial charge < -0.3 is 49.8 Å². The topological polar surface area (TPSA) is 188 Å². The molecule has 5 rings (SSSR count). The molecule has 0 spiro atoms. The minimum atomic E-state index is -1.62. The second-order valence-corrected chi connectivity index (χ2v) is 12.0. The fourth-order valence-corrected chi connectivity index (χ4v) is 5.72. The van der Waals surface area contributed by atoms with Crippen LogP contribution in [0.4, 0.5) is 8.78 Å². The molecule has 3 fully saturated rings. The Morgan fingerprint density at radius 1 is 0.957 bits per heavy atom. The predicted molar refractivity (Wildman–Crippen MR) is 159 cm³/mol. The summed E-state index contributed by atoms with van der Waals surface area (Å²) in [5.74, 6) is -2.76. The molecule has 2 aliphatic heterocycles. The summed E-state index contributed by atoms with van der Waals surface area (Å²) in [5.41, 5.74) is 3.25. The molecule has 2 heterocycles. The molecule has 2 aromatic carbocycles. The number of hydrogen-bond donors (Lipinski definition) is 7. The van der Waals surface area contributed by atoms with Crippen LogP contribution in [0.1, 0.15) is 25.0 Å². The number of carbonyl (C=O) groups is 1. The van der Waals surface area contributed by atoms with Crippen LogP contribution in [0.25, 0.3) is 6.08 Å². The SMILES string of the molecule is CC(=Cc1ccc(O[C@@H]2OC(=C(C)NOCc3cc(F)c(Cl)cc3Cl)[C@@H](O)[C@H]2O)c(F)c1)C(=O)N[C@@H]1[C@H](O)[C@@H](O)[C@H]2OCO[C@H]2[C@@H]1O. The standard InChI is InChI=1S/C30H32Cl2F2N2O11/c1-11(29(42)35-20-21(37)23(39)28-27(22(20)38)43-10-44-28)5-13-3-4-19(18(34)6-13)46-30-25(41)24(40)26(47-30)12(2)36-45-9-14-7-17(33)16(32)8-15(14)31/h3-8,20-25,27-28,30,36-41H,9-10H2,1-2H3,(H,35,42)/t20-,21+,22-,23-,24+,25-,27+,28-,30-/m1/s1. The number of carbonyl (C=O) groups excluding carboxylic acids is 1. The van der Waals surface area contributed by atoms with Gasteiger partial charge in [-0.2, -0.15) is 0 Å². The maximum Gasteiger partial charge on any atom is 0.269 e. The third-order valence-corrected chi connectivity index (χ3v) is 8.51. The van der Waals surface area contributed by atoms with Crippen LogP contribution < -0.4 is 15.5 Å². The zero-order valence-corrected chi connectivity index (χ0v) is 26.3. The van der Waals surface area contributed by atoms with Crippen molar-refractivity contribution in [3.05, 3.63) is 80.2 Å². The molecule has 13 nitrogen and oxygen atoms in total. The fraction of sp³-hybridized carbons (Fsp3) is 0.433. The van der Waals surface area contributed by atoms with E-state index in [9.17, 15) is 34.7 Å². The first-order chi connectivity index (χ1) is 22.3. The second-order valence-electron chi connectivity index (χ2n) is 11.1. The van der Waals surface area contributed by atoms with Gasteiger partial charge in [0.2, 0.25) is 5.91 Å². The molecule has 2 aromatic rings. The molecule has 1 aliphatic carbocycles. The monoisotopic (exact) mass is 704 g/mol. The molecule has 0 aromatic heterocycles. The summed E-state index contributed by atoms with van der Waals surface area (Å²) >= 11 is 11.7. The highest BCUT2D eigenvalue weighted by molar-refractivity contribution is 6.35. The molecule has 1 saturated carbocycles. The van der Waals surface area contributed by atoms with E-state index in [1.54, 1.807) is 0 Å². The average molecular weight is 705 g/mol. The zero-order chi connectivity index (χ0) is 34.2. The number of amides is 1. The predicted octanol–water partition coefficient (Wildman–Crippen LogP) is 1.41. The van der Waals surface area contributed by atoms with Crippen LogP contribution in [0.15, 0.2) is 47.4 Å². The van der Waals surface area contributed by atoms with Crippen LogP contribution in [-0.4, -0.2) is 93.3 Å². The number of aliphatic hydroxyl groups excluding tert-OH is 5. The Morgan fingerprint density at radius 2 is 1.66 bits per heavy atom. The van der Waals surface area contributed by atoms with Gasteiger partial charge in [-0.1, -0.05) is 29.3 Å². The van der Waals surface area contributed by atoms with E-state index in [1.807, 2.05) is 0 Å². The Bertz CT molecular complexity index is 1560. The first-order valence-electron chi connectivity index (χ1n) is 14.2. The zero-order valence-electron chi connectivity index (χ0n) is 24.8. The highest BCUT2D eigenvalue weighted by atomic mass is 35.5. The Kier molecular flexibility index (Phi) is 10.9. The molecule has 3 aliphatic rings. The third-order valence-electron chi connectivity index (χ3n) is 7.87. The van der Waals surface area contributed by atoms with Crippen LogP contribution >= 0.6 is 23.2 Å². The Balaban J connectivity index is 1.19. The van der Waals surface area contributed by atoms with Crippen molar-refractivity contribution >= 4 is 35.2 Å². The van der Waals surface area contributed by atoms with Crippen molar-refractivity contribution in [1.29, 1.82) is 0 Å². The summed E-state index contributed by atoms with van der Waals surface area (Å²) in [6.45, 7) is 2.52. The molecular formula is C30H32Cl2F2N2O11. The van der Waals surface area contributed by atoms with E-state index in [0.717, 1.165) is 12.1 Å². The van der Waals surface area contributed by atoms with Gasteiger partial charge in [-0.05, 0) is 49.8 Å². The molecule has 47 heavy (non-hydrogen) atoms. The third kappa shape index (κ3) is 7.49. The quantitative estimate of drug-likeness (QED) is 0.113. The van der Waals surface area contributed by atoms with Crippen LogP contribution in [0.3, 0.4) is 0 Å². The minimum absolute atomic E-state index is 0.0822. The second kappa shape index (κ2) is 14.6. The molecule has 7 N–H and O–H groups in total. The maximum atomic E-state index is 15.0. The number of ether oxygens (including phenoxy) is 4. The Hall–Kier alpha value is -3.09. The number of hydrogen-bond acceptors (Lipinski definition) is 12. The molecule has 0 radical (unpaired) electrons.